The van der Waals surface area contributed by atoms with Crippen molar-refractivity contribution in [2.24, 2.45) is 5.92 Å². The molecule has 0 fully saturated rings. The van der Waals surface area contributed by atoms with Crippen LogP contribution in [0.4, 0.5) is 0 Å². The third-order valence-electron chi connectivity index (χ3n) is 5.88. The number of unbranched alkanes of at least 4 members (excludes halogenated alkanes) is 2. The number of benzene rings is 1. The summed E-state index contributed by atoms with van der Waals surface area (Å²) in [5.41, 5.74) is 0.445. The van der Waals surface area contributed by atoms with Gasteiger partial charge in [-0.25, -0.2) is 9.86 Å². The molecule has 11 heteroatoms. The zero-order chi connectivity index (χ0) is 27.4. The van der Waals surface area contributed by atoms with Crippen LogP contribution in [0.15, 0.2) is 34.7 Å². The molecule has 0 radical (unpaired) electrons. The first-order valence-electron chi connectivity index (χ1n) is 12.3. The Morgan fingerprint density at radius 2 is 1.86 bits per heavy atom. The Labute approximate surface area is 215 Å². The molecule has 0 aliphatic carbocycles. The predicted molar refractivity (Wildman–Crippen MR) is 134 cm³/mol. The van der Waals surface area contributed by atoms with Gasteiger partial charge in [0.25, 0.3) is 5.91 Å². The van der Waals surface area contributed by atoms with E-state index >= 15 is 0 Å². The van der Waals surface area contributed by atoms with Crippen molar-refractivity contribution in [3.05, 3.63) is 41.7 Å². The molecule has 2 aromatic rings. The van der Waals surface area contributed by atoms with E-state index in [-0.39, 0.29) is 30.2 Å². The molecule has 37 heavy (non-hydrogen) atoms. The van der Waals surface area contributed by atoms with Gasteiger partial charge < -0.3 is 24.9 Å². The van der Waals surface area contributed by atoms with Crippen LogP contribution >= 0.6 is 0 Å². The number of amides is 3. The Kier molecular flexibility index (Phi) is 11.6. The average Bonchev–Trinajstić information content (AvgIpc) is 3.38. The van der Waals surface area contributed by atoms with Crippen molar-refractivity contribution in [3.63, 3.8) is 0 Å². The molecule has 2 atom stereocenters. The molecule has 0 saturated carbocycles. The number of carbonyl (C=O) groups excluding carboxylic acids is 3. The Bertz CT molecular complexity index is 1070. The number of aromatic carboxylic acids is 1. The first-order chi connectivity index (χ1) is 17.7. The van der Waals surface area contributed by atoms with Gasteiger partial charge in [-0.1, -0.05) is 33.1 Å². The van der Waals surface area contributed by atoms with Crippen LogP contribution < -0.4 is 15.4 Å². The molecule has 2 rings (SSSR count). The van der Waals surface area contributed by atoms with Gasteiger partial charge in [0.2, 0.25) is 12.3 Å². The fourth-order valence-corrected chi connectivity index (χ4v) is 4.01. The van der Waals surface area contributed by atoms with E-state index in [0.717, 1.165) is 19.3 Å². The number of carboxylic acids is 1. The first-order valence-corrected chi connectivity index (χ1v) is 12.3. The molecule has 0 spiro atoms. The van der Waals surface area contributed by atoms with Gasteiger partial charge in [-0.15, -0.1) is 0 Å². The topological polar surface area (TPSA) is 158 Å². The van der Waals surface area contributed by atoms with Crippen LogP contribution in [-0.4, -0.2) is 58.9 Å². The van der Waals surface area contributed by atoms with E-state index < -0.39 is 29.7 Å². The lowest BCUT2D eigenvalue weighted by Gasteiger charge is -2.29. The number of carboxylic acid groups (broad SMARTS) is 1. The van der Waals surface area contributed by atoms with E-state index in [2.05, 4.69) is 10.6 Å². The third-order valence-corrected chi connectivity index (χ3v) is 5.88. The quantitative estimate of drug-likeness (QED) is 0.0863. The molecule has 0 bridgehead atoms. The van der Waals surface area contributed by atoms with Gasteiger partial charge in [0, 0.05) is 5.56 Å². The maximum Gasteiger partial charge on any atom is 0.335 e. The summed E-state index contributed by atoms with van der Waals surface area (Å²) in [7, 11) is 0. The number of furan rings is 1. The van der Waals surface area contributed by atoms with E-state index in [1.807, 2.05) is 6.92 Å². The molecular formula is C26H35N3O8. The smallest absolute Gasteiger partial charge is 0.335 e. The number of nitrogens with zero attached hydrogens (tertiary/aromatic N) is 1. The normalized spacial score (nSPS) is 12.3. The summed E-state index contributed by atoms with van der Waals surface area (Å²) in [5.74, 6) is -2.14. The van der Waals surface area contributed by atoms with Crippen molar-refractivity contribution in [1.29, 1.82) is 0 Å². The van der Waals surface area contributed by atoms with Gasteiger partial charge >= 0.3 is 5.97 Å². The molecule has 3 amide bonds. The predicted octanol–water partition coefficient (Wildman–Crippen LogP) is 3.67. The van der Waals surface area contributed by atoms with Crippen molar-refractivity contribution in [3.8, 4) is 17.1 Å². The molecule has 0 unspecified atom stereocenters. The average molecular weight is 518 g/mol. The Morgan fingerprint density at radius 1 is 1.11 bits per heavy atom. The number of ether oxygens (including phenoxy) is 1. The number of rotatable bonds is 16. The molecule has 4 N–H and O–H groups in total. The van der Waals surface area contributed by atoms with Crippen molar-refractivity contribution in [1.82, 2.24) is 15.7 Å². The summed E-state index contributed by atoms with van der Waals surface area (Å²) in [5, 5.41) is 25.0. The van der Waals surface area contributed by atoms with Crippen LogP contribution in [0.5, 0.6) is 5.75 Å². The minimum absolute atomic E-state index is 0.0148. The minimum atomic E-state index is -1.13. The number of hydrogen-bond donors (Lipinski definition) is 4. The van der Waals surface area contributed by atoms with E-state index in [9.17, 15) is 29.5 Å². The highest BCUT2D eigenvalue weighted by molar-refractivity contribution is 5.93. The third kappa shape index (κ3) is 8.35. The minimum Gasteiger partial charge on any atom is -0.494 e. The van der Waals surface area contributed by atoms with E-state index in [4.69, 9.17) is 9.15 Å². The summed E-state index contributed by atoms with van der Waals surface area (Å²) < 4.78 is 11.0. The van der Waals surface area contributed by atoms with Crippen LogP contribution in [-0.2, 0) is 9.59 Å². The number of nitrogens with one attached hydrogen (secondary N) is 2. The van der Waals surface area contributed by atoms with Gasteiger partial charge in [0.15, 0.2) is 5.76 Å². The molecule has 1 heterocycles. The molecule has 1 aromatic heterocycles. The zero-order valence-corrected chi connectivity index (χ0v) is 21.4. The van der Waals surface area contributed by atoms with Crippen molar-refractivity contribution in [2.75, 3.05) is 13.3 Å². The zero-order valence-electron chi connectivity index (χ0n) is 21.4. The highest BCUT2D eigenvalue weighted by atomic mass is 16.5. The summed E-state index contributed by atoms with van der Waals surface area (Å²) in [6, 6.07) is 6.73. The molecular weight excluding hydrogens is 482 g/mol. The lowest BCUT2D eigenvalue weighted by molar-refractivity contribution is -0.168. The monoisotopic (exact) mass is 517 g/mol. The van der Waals surface area contributed by atoms with Crippen molar-refractivity contribution in [2.45, 2.75) is 58.9 Å². The maximum absolute atomic E-state index is 12.8. The maximum atomic E-state index is 12.8. The van der Waals surface area contributed by atoms with Gasteiger partial charge in [0.05, 0.1) is 30.8 Å². The molecule has 1 aromatic carbocycles. The lowest BCUT2D eigenvalue weighted by Crippen LogP contribution is -2.47. The van der Waals surface area contributed by atoms with Crippen LogP contribution in [0, 0.1) is 5.92 Å². The molecule has 0 aliphatic rings. The Hall–Kier alpha value is -3.86. The number of hydrogen-bond acceptors (Lipinski definition) is 7. The van der Waals surface area contributed by atoms with Crippen LogP contribution in [0.25, 0.3) is 11.3 Å². The summed E-state index contributed by atoms with van der Waals surface area (Å²) in [6.07, 6.45) is 3.77. The summed E-state index contributed by atoms with van der Waals surface area (Å²) in [6.45, 7) is 5.75. The largest absolute Gasteiger partial charge is 0.494 e. The standard InChI is InChI=1S/C26H35N3O8/c1-4-7-8-9-20(21(5-2)29(35)16-30)24(31)27-15-28-25(32)23-11-10-22(37-23)17-12-18(26(33)34)14-19(13-17)36-6-3/h10-14,16,20-21,35H,4-9,15H2,1-3H3,(H,27,31)(H,28,32)(H,33,34)/t20-,21-/m1/s1. The molecule has 0 aliphatic heterocycles. The second kappa shape index (κ2) is 14.6. The van der Waals surface area contributed by atoms with Crippen LogP contribution in [0.1, 0.15) is 73.8 Å². The number of hydroxylamine groups is 2. The van der Waals surface area contributed by atoms with Crippen molar-refractivity contribution >= 4 is 24.2 Å². The second-order valence-electron chi connectivity index (χ2n) is 8.44. The van der Waals surface area contributed by atoms with Gasteiger partial charge in [-0.05, 0) is 50.1 Å². The highest BCUT2D eigenvalue weighted by Crippen LogP contribution is 2.28. The van der Waals surface area contributed by atoms with E-state index in [1.165, 1.54) is 24.3 Å². The fourth-order valence-electron chi connectivity index (χ4n) is 4.01. The second-order valence-corrected chi connectivity index (χ2v) is 8.44. The highest BCUT2D eigenvalue weighted by Gasteiger charge is 2.30. The molecule has 11 nitrogen and oxygen atoms in total. The van der Waals surface area contributed by atoms with Gasteiger partial charge in [0.1, 0.15) is 11.5 Å². The molecule has 0 saturated heterocycles. The first kappa shape index (κ1) is 29.4. The van der Waals surface area contributed by atoms with Gasteiger partial charge in [-0.2, -0.15) is 0 Å². The van der Waals surface area contributed by atoms with E-state index in [0.29, 0.717) is 35.8 Å². The van der Waals surface area contributed by atoms with Gasteiger partial charge in [-0.3, -0.25) is 19.6 Å². The Morgan fingerprint density at radius 3 is 2.49 bits per heavy atom. The summed E-state index contributed by atoms with van der Waals surface area (Å²) in [4.78, 5) is 47.9. The van der Waals surface area contributed by atoms with E-state index in [1.54, 1.807) is 19.9 Å². The van der Waals surface area contributed by atoms with Crippen LogP contribution in [0.2, 0.25) is 0 Å². The lowest BCUT2D eigenvalue weighted by atomic mass is 9.90. The summed E-state index contributed by atoms with van der Waals surface area (Å²) >= 11 is 0. The number of carbonyl (C=O) groups is 4. The van der Waals surface area contributed by atoms with Crippen LogP contribution in [0.3, 0.4) is 0 Å². The van der Waals surface area contributed by atoms with Crippen molar-refractivity contribution < 1.29 is 38.6 Å². The molecule has 202 valence electrons. The SMILES string of the molecule is CCCCC[C@@H](C(=O)NCNC(=O)c1ccc(-c2cc(OCC)cc(C(=O)O)c2)o1)[C@@H](CC)N(O)C=O. The Balaban J connectivity index is 2.05. The fraction of sp³-hybridized carbons (Fsp3) is 0.462.